The molecule has 1 saturated heterocycles. The van der Waals surface area contributed by atoms with Gasteiger partial charge in [-0.05, 0) is 19.4 Å². The van der Waals surface area contributed by atoms with Crippen molar-refractivity contribution >= 4 is 0 Å². The lowest BCUT2D eigenvalue weighted by Crippen LogP contribution is -2.49. The molecule has 1 aromatic rings. The Balaban J connectivity index is 2.05. The maximum Gasteiger partial charge on any atom is 0.164 e. The molecule has 1 atom stereocenters. The molecule has 0 aromatic heterocycles. The van der Waals surface area contributed by atoms with Crippen LogP contribution in [0.4, 0.5) is 0 Å². The second-order valence-corrected chi connectivity index (χ2v) is 6.09. The SMILES string of the molecule is CC[C@H](C)N1CCN(Cc2cc(OC)c(OC)cc2OC)CC1. The van der Waals surface area contributed by atoms with Gasteiger partial charge in [0, 0.05) is 50.4 Å². The molecule has 0 spiro atoms. The van der Waals surface area contributed by atoms with Gasteiger partial charge in [0.1, 0.15) is 5.75 Å². The van der Waals surface area contributed by atoms with E-state index in [0.717, 1.165) is 49.8 Å². The van der Waals surface area contributed by atoms with Gasteiger partial charge in [0.2, 0.25) is 0 Å². The van der Waals surface area contributed by atoms with Crippen molar-refractivity contribution in [2.45, 2.75) is 32.9 Å². The molecule has 0 saturated carbocycles. The van der Waals surface area contributed by atoms with Crippen LogP contribution < -0.4 is 14.2 Å². The van der Waals surface area contributed by atoms with Gasteiger partial charge in [-0.1, -0.05) is 6.92 Å². The average Bonchev–Trinajstić information content (AvgIpc) is 2.61. The standard InChI is InChI=1S/C18H30N2O3/c1-6-14(2)20-9-7-19(8-10-20)13-15-11-17(22-4)18(23-5)12-16(15)21-3/h11-12,14H,6-10,13H2,1-5H3/t14-/m0/s1. The maximum absolute atomic E-state index is 5.53. The van der Waals surface area contributed by atoms with Gasteiger partial charge < -0.3 is 14.2 Å². The molecule has 0 unspecified atom stereocenters. The highest BCUT2D eigenvalue weighted by atomic mass is 16.5. The summed E-state index contributed by atoms with van der Waals surface area (Å²) in [6, 6.07) is 4.61. The predicted molar refractivity (Wildman–Crippen MR) is 92.7 cm³/mol. The number of benzene rings is 1. The molecular weight excluding hydrogens is 292 g/mol. The number of rotatable bonds is 7. The first-order chi connectivity index (χ1) is 11.1. The summed E-state index contributed by atoms with van der Waals surface area (Å²) in [5, 5.41) is 0. The van der Waals surface area contributed by atoms with Crippen molar-refractivity contribution in [3.63, 3.8) is 0 Å². The second kappa shape index (κ2) is 8.41. The Morgan fingerprint density at radius 2 is 1.48 bits per heavy atom. The van der Waals surface area contributed by atoms with Crippen LogP contribution in [0.25, 0.3) is 0 Å². The fourth-order valence-electron chi connectivity index (χ4n) is 3.08. The van der Waals surface area contributed by atoms with E-state index >= 15 is 0 Å². The molecule has 23 heavy (non-hydrogen) atoms. The van der Waals surface area contributed by atoms with Crippen LogP contribution in [0.15, 0.2) is 12.1 Å². The van der Waals surface area contributed by atoms with Gasteiger partial charge in [0.25, 0.3) is 0 Å². The fraction of sp³-hybridized carbons (Fsp3) is 0.667. The van der Waals surface area contributed by atoms with Crippen LogP contribution in [0.3, 0.4) is 0 Å². The molecule has 130 valence electrons. The van der Waals surface area contributed by atoms with Gasteiger partial charge in [-0.25, -0.2) is 0 Å². The molecule has 0 bridgehead atoms. The topological polar surface area (TPSA) is 34.2 Å². The number of piperazine rings is 1. The largest absolute Gasteiger partial charge is 0.496 e. The quantitative estimate of drug-likeness (QED) is 0.771. The number of nitrogens with zero attached hydrogens (tertiary/aromatic N) is 2. The summed E-state index contributed by atoms with van der Waals surface area (Å²) in [6.45, 7) is 9.87. The smallest absolute Gasteiger partial charge is 0.164 e. The number of ether oxygens (including phenoxy) is 3. The molecule has 0 N–H and O–H groups in total. The lowest BCUT2D eigenvalue weighted by atomic mass is 10.1. The molecule has 1 aromatic carbocycles. The Hall–Kier alpha value is -1.46. The summed E-state index contributed by atoms with van der Waals surface area (Å²) in [5.74, 6) is 2.31. The van der Waals surface area contributed by atoms with Crippen molar-refractivity contribution in [1.29, 1.82) is 0 Å². The first kappa shape index (κ1) is 17.9. The van der Waals surface area contributed by atoms with Gasteiger partial charge in [0.15, 0.2) is 11.5 Å². The molecule has 0 amide bonds. The lowest BCUT2D eigenvalue weighted by molar-refractivity contribution is 0.0957. The molecule has 0 radical (unpaired) electrons. The van der Waals surface area contributed by atoms with E-state index in [0.29, 0.717) is 11.8 Å². The van der Waals surface area contributed by atoms with E-state index in [9.17, 15) is 0 Å². The molecule has 2 rings (SSSR count). The van der Waals surface area contributed by atoms with Crippen molar-refractivity contribution in [1.82, 2.24) is 9.80 Å². The van der Waals surface area contributed by atoms with E-state index < -0.39 is 0 Å². The Morgan fingerprint density at radius 3 is 2.00 bits per heavy atom. The highest BCUT2D eigenvalue weighted by molar-refractivity contribution is 5.50. The van der Waals surface area contributed by atoms with Crippen LogP contribution in [0.1, 0.15) is 25.8 Å². The Labute approximate surface area is 140 Å². The van der Waals surface area contributed by atoms with E-state index in [1.54, 1.807) is 21.3 Å². The maximum atomic E-state index is 5.53. The summed E-state index contributed by atoms with van der Waals surface area (Å²) in [5.41, 5.74) is 1.14. The normalized spacial score (nSPS) is 17.8. The molecule has 1 fully saturated rings. The van der Waals surface area contributed by atoms with E-state index in [4.69, 9.17) is 14.2 Å². The summed E-state index contributed by atoms with van der Waals surface area (Å²) in [4.78, 5) is 5.05. The van der Waals surface area contributed by atoms with Gasteiger partial charge in [-0.3, -0.25) is 9.80 Å². The minimum absolute atomic E-state index is 0.674. The fourth-order valence-corrected chi connectivity index (χ4v) is 3.08. The van der Waals surface area contributed by atoms with Crippen LogP contribution in [0, 0.1) is 0 Å². The zero-order valence-electron chi connectivity index (χ0n) is 15.1. The van der Waals surface area contributed by atoms with Crippen molar-refractivity contribution in [2.24, 2.45) is 0 Å². The third kappa shape index (κ3) is 4.30. The second-order valence-electron chi connectivity index (χ2n) is 6.09. The molecule has 1 aliphatic heterocycles. The monoisotopic (exact) mass is 322 g/mol. The van der Waals surface area contributed by atoms with Crippen molar-refractivity contribution in [2.75, 3.05) is 47.5 Å². The predicted octanol–water partition coefficient (Wildman–Crippen LogP) is 2.63. The van der Waals surface area contributed by atoms with Crippen molar-refractivity contribution in [3.8, 4) is 17.2 Å². The number of hydrogen-bond donors (Lipinski definition) is 0. The molecular formula is C18H30N2O3. The van der Waals surface area contributed by atoms with E-state index in [2.05, 4.69) is 23.6 Å². The molecule has 1 aliphatic rings. The van der Waals surface area contributed by atoms with Gasteiger partial charge in [-0.15, -0.1) is 0 Å². The van der Waals surface area contributed by atoms with E-state index in [1.807, 2.05) is 12.1 Å². The van der Waals surface area contributed by atoms with Gasteiger partial charge >= 0.3 is 0 Å². The van der Waals surface area contributed by atoms with Crippen LogP contribution >= 0.6 is 0 Å². The molecule has 5 heteroatoms. The van der Waals surface area contributed by atoms with E-state index in [-0.39, 0.29) is 0 Å². The van der Waals surface area contributed by atoms with E-state index in [1.165, 1.54) is 6.42 Å². The minimum atomic E-state index is 0.674. The Bertz CT molecular complexity index is 499. The van der Waals surface area contributed by atoms with Crippen molar-refractivity contribution < 1.29 is 14.2 Å². The van der Waals surface area contributed by atoms with Crippen molar-refractivity contribution in [3.05, 3.63) is 17.7 Å². The molecule has 5 nitrogen and oxygen atoms in total. The lowest BCUT2D eigenvalue weighted by Gasteiger charge is -2.38. The highest BCUT2D eigenvalue weighted by Crippen LogP contribution is 2.35. The van der Waals surface area contributed by atoms with Gasteiger partial charge in [0.05, 0.1) is 21.3 Å². The van der Waals surface area contributed by atoms with Crippen LogP contribution in [-0.4, -0.2) is 63.4 Å². The van der Waals surface area contributed by atoms with Gasteiger partial charge in [-0.2, -0.15) is 0 Å². The molecule has 1 heterocycles. The van der Waals surface area contributed by atoms with Crippen LogP contribution in [-0.2, 0) is 6.54 Å². The first-order valence-electron chi connectivity index (χ1n) is 8.38. The number of hydrogen-bond acceptors (Lipinski definition) is 5. The molecule has 0 aliphatic carbocycles. The summed E-state index contributed by atoms with van der Waals surface area (Å²) < 4.78 is 16.3. The minimum Gasteiger partial charge on any atom is -0.496 e. The Morgan fingerprint density at radius 1 is 0.913 bits per heavy atom. The third-order valence-electron chi connectivity index (χ3n) is 4.80. The summed E-state index contributed by atoms with van der Waals surface area (Å²) >= 11 is 0. The first-order valence-corrected chi connectivity index (χ1v) is 8.38. The van der Waals surface area contributed by atoms with Crippen LogP contribution in [0.2, 0.25) is 0 Å². The third-order valence-corrected chi connectivity index (χ3v) is 4.80. The highest BCUT2D eigenvalue weighted by Gasteiger charge is 2.21. The average molecular weight is 322 g/mol. The Kier molecular flexibility index (Phi) is 6.54. The van der Waals surface area contributed by atoms with Crippen LogP contribution in [0.5, 0.6) is 17.2 Å². The number of methoxy groups -OCH3 is 3. The zero-order valence-corrected chi connectivity index (χ0v) is 15.1. The summed E-state index contributed by atoms with van der Waals surface area (Å²) in [6.07, 6.45) is 1.21. The summed E-state index contributed by atoms with van der Waals surface area (Å²) in [7, 11) is 5.01. The zero-order chi connectivity index (χ0) is 16.8.